The van der Waals surface area contributed by atoms with E-state index in [9.17, 15) is 13.2 Å². The lowest BCUT2D eigenvalue weighted by molar-refractivity contribution is -0.131. The van der Waals surface area contributed by atoms with Gasteiger partial charge in [-0.05, 0) is 44.4 Å². The molecule has 0 radical (unpaired) electrons. The Morgan fingerprint density at radius 3 is 2.57 bits per heavy atom. The van der Waals surface area contributed by atoms with Crippen molar-refractivity contribution in [1.82, 2.24) is 24.9 Å². The molecule has 1 saturated carbocycles. The highest BCUT2D eigenvalue weighted by Gasteiger charge is 2.41. The van der Waals surface area contributed by atoms with Crippen LogP contribution < -0.4 is 4.74 Å². The number of carbonyl (C=O) groups is 1. The fourth-order valence-corrected chi connectivity index (χ4v) is 5.21. The van der Waals surface area contributed by atoms with E-state index >= 15 is 4.39 Å². The van der Waals surface area contributed by atoms with Crippen LogP contribution in [0.4, 0.5) is 4.39 Å². The Labute approximate surface area is 203 Å². The number of pyridine rings is 1. The zero-order chi connectivity index (χ0) is 25.1. The molecule has 0 N–H and O–H groups in total. The van der Waals surface area contributed by atoms with E-state index in [1.54, 1.807) is 31.5 Å². The van der Waals surface area contributed by atoms with Gasteiger partial charge in [-0.15, -0.1) is 0 Å². The monoisotopic (exact) mass is 499 g/mol. The highest BCUT2D eigenvalue weighted by atomic mass is 32.2. The summed E-state index contributed by atoms with van der Waals surface area (Å²) < 4.78 is 45.9. The van der Waals surface area contributed by atoms with Crippen LogP contribution in [0.25, 0.3) is 11.3 Å². The molecule has 0 spiro atoms. The molecule has 0 aliphatic heterocycles. The zero-order valence-electron chi connectivity index (χ0n) is 19.5. The summed E-state index contributed by atoms with van der Waals surface area (Å²) in [6.45, 7) is 3.85. The molecule has 3 heterocycles. The number of rotatable bonds is 11. The minimum absolute atomic E-state index is 0.00412. The molecule has 1 aliphatic carbocycles. The lowest BCUT2D eigenvalue weighted by atomic mass is 9.90. The number of sulfone groups is 1. The van der Waals surface area contributed by atoms with E-state index in [1.807, 2.05) is 6.92 Å². The maximum Gasteiger partial charge on any atom is 0.232 e. The fourth-order valence-electron chi connectivity index (χ4n) is 3.63. The van der Waals surface area contributed by atoms with E-state index in [2.05, 4.69) is 24.9 Å². The summed E-state index contributed by atoms with van der Waals surface area (Å²) >= 11 is 0. The van der Waals surface area contributed by atoms with Gasteiger partial charge in [-0.1, -0.05) is 6.92 Å². The average Bonchev–Trinajstić information content (AvgIpc) is 3.71. The Bertz CT molecular complexity index is 1320. The van der Waals surface area contributed by atoms with Crippen molar-refractivity contribution >= 4 is 15.6 Å². The summed E-state index contributed by atoms with van der Waals surface area (Å²) in [5.41, 5.74) is -0.910. The van der Waals surface area contributed by atoms with E-state index in [1.165, 1.54) is 18.5 Å². The quantitative estimate of drug-likeness (QED) is 0.391. The molecule has 4 rings (SSSR count). The van der Waals surface area contributed by atoms with Gasteiger partial charge in [-0.3, -0.25) is 14.8 Å². The van der Waals surface area contributed by atoms with Gasteiger partial charge in [0.1, 0.15) is 11.6 Å². The molecule has 0 saturated heterocycles. The molecule has 184 valence electrons. The topological polar surface area (TPSA) is 125 Å². The fraction of sp³-hybridized carbons (Fsp3) is 0.417. The number of hydrogen-bond donors (Lipinski definition) is 0. The predicted molar refractivity (Wildman–Crippen MR) is 126 cm³/mol. The second-order valence-electron chi connectivity index (χ2n) is 8.33. The van der Waals surface area contributed by atoms with Gasteiger partial charge >= 0.3 is 0 Å². The Hall–Kier alpha value is -3.34. The number of carbonyl (C=O) groups excluding carboxylic acids is 1. The van der Waals surface area contributed by atoms with Gasteiger partial charge in [0, 0.05) is 23.7 Å². The first kappa shape index (κ1) is 24.8. The molecular formula is C24H26FN5O4S. The second kappa shape index (κ2) is 10.1. The first-order chi connectivity index (χ1) is 16.7. The van der Waals surface area contributed by atoms with E-state index in [0.29, 0.717) is 42.3 Å². The molecule has 35 heavy (non-hydrogen) atoms. The second-order valence-corrected chi connectivity index (χ2v) is 10.6. The van der Waals surface area contributed by atoms with E-state index in [0.717, 1.165) is 0 Å². The molecule has 1 fully saturated rings. The molecule has 9 nitrogen and oxygen atoms in total. The first-order valence-corrected chi connectivity index (χ1v) is 13.1. The Balaban J connectivity index is 1.50. The van der Waals surface area contributed by atoms with E-state index in [-0.39, 0.29) is 35.4 Å². The molecule has 1 atom stereocenters. The van der Waals surface area contributed by atoms with Crippen LogP contribution in [0, 0.1) is 0 Å². The van der Waals surface area contributed by atoms with Crippen molar-refractivity contribution in [3.63, 3.8) is 0 Å². The summed E-state index contributed by atoms with van der Waals surface area (Å²) in [5, 5.41) is -0.376. The molecular weight excluding hydrogens is 473 g/mol. The number of Topliss-reactive ketones (excluding diaryl/α,β-unsaturated/α-hetero) is 1. The predicted octanol–water partition coefficient (Wildman–Crippen LogP) is 3.19. The van der Waals surface area contributed by atoms with Crippen molar-refractivity contribution in [3.8, 4) is 17.1 Å². The summed E-state index contributed by atoms with van der Waals surface area (Å²) in [7, 11) is -3.37. The molecule has 0 bridgehead atoms. The highest BCUT2D eigenvalue weighted by Crippen LogP contribution is 2.33. The Morgan fingerprint density at radius 1 is 1.11 bits per heavy atom. The van der Waals surface area contributed by atoms with Crippen LogP contribution in [0.3, 0.4) is 0 Å². The molecule has 0 amide bonds. The van der Waals surface area contributed by atoms with Gasteiger partial charge in [-0.25, -0.2) is 27.8 Å². The first-order valence-electron chi connectivity index (χ1n) is 11.4. The van der Waals surface area contributed by atoms with Crippen molar-refractivity contribution in [3.05, 3.63) is 60.2 Å². The SMILES string of the molecule is CCOc1cncc(-c2ccc(CC(=O)[C@@](F)(CC)c3ccnc(CS(=O)(=O)C4CC4)n3)nc2)n1. The molecule has 3 aromatic rings. The van der Waals surface area contributed by atoms with Crippen LogP contribution in [0.5, 0.6) is 5.88 Å². The minimum Gasteiger partial charge on any atom is -0.477 e. The molecule has 1 aliphatic rings. The number of hydrogen-bond acceptors (Lipinski definition) is 9. The smallest absolute Gasteiger partial charge is 0.232 e. The van der Waals surface area contributed by atoms with Crippen molar-refractivity contribution in [2.75, 3.05) is 6.61 Å². The maximum atomic E-state index is 15.9. The number of ketones is 1. The van der Waals surface area contributed by atoms with Crippen molar-refractivity contribution in [1.29, 1.82) is 0 Å². The van der Waals surface area contributed by atoms with Crippen LogP contribution in [-0.2, 0) is 32.5 Å². The molecule has 11 heteroatoms. The lowest BCUT2D eigenvalue weighted by Crippen LogP contribution is -2.33. The van der Waals surface area contributed by atoms with Crippen LogP contribution in [0.1, 0.15) is 50.3 Å². The van der Waals surface area contributed by atoms with Crippen LogP contribution in [0.15, 0.2) is 43.0 Å². The van der Waals surface area contributed by atoms with Crippen molar-refractivity contribution in [2.24, 2.45) is 0 Å². The highest BCUT2D eigenvalue weighted by molar-refractivity contribution is 7.91. The number of alkyl halides is 1. The molecule has 0 unspecified atom stereocenters. The van der Waals surface area contributed by atoms with Crippen LogP contribution in [-0.4, -0.2) is 51.0 Å². The standard InChI is InChI=1S/C24H26FN5O4S/c1-3-24(25,20-9-10-27-22(30-20)15-35(32,33)18-7-8-18)21(31)11-17-6-5-16(12-28-17)19-13-26-14-23(29-19)34-4-2/h5-6,9-10,12-14,18H,3-4,7-8,11,15H2,1-2H3/t24-/m1/s1. The van der Waals surface area contributed by atoms with Crippen molar-refractivity contribution in [2.45, 2.75) is 56.2 Å². The number of nitrogens with zero attached hydrogens (tertiary/aromatic N) is 5. The molecule has 0 aromatic carbocycles. The lowest BCUT2D eigenvalue weighted by Gasteiger charge is -2.22. The summed E-state index contributed by atoms with van der Waals surface area (Å²) in [6, 6.07) is 4.67. The summed E-state index contributed by atoms with van der Waals surface area (Å²) in [6.07, 6.45) is 6.76. The Kier molecular flexibility index (Phi) is 7.15. The summed E-state index contributed by atoms with van der Waals surface area (Å²) in [5.74, 6) is -0.692. The van der Waals surface area contributed by atoms with Gasteiger partial charge in [0.15, 0.2) is 15.6 Å². The normalized spacial score (nSPS) is 15.4. The van der Waals surface area contributed by atoms with Gasteiger partial charge in [0.2, 0.25) is 11.5 Å². The minimum atomic E-state index is -3.37. The summed E-state index contributed by atoms with van der Waals surface area (Å²) in [4.78, 5) is 33.9. The maximum absolute atomic E-state index is 15.9. The zero-order valence-corrected chi connectivity index (χ0v) is 20.3. The third kappa shape index (κ3) is 5.67. The largest absolute Gasteiger partial charge is 0.477 e. The van der Waals surface area contributed by atoms with Gasteiger partial charge in [0.05, 0.1) is 42.1 Å². The van der Waals surface area contributed by atoms with Gasteiger partial charge in [-0.2, -0.15) is 0 Å². The van der Waals surface area contributed by atoms with Crippen molar-refractivity contribution < 1.29 is 22.3 Å². The van der Waals surface area contributed by atoms with E-state index in [4.69, 9.17) is 4.74 Å². The van der Waals surface area contributed by atoms with Crippen LogP contribution in [0.2, 0.25) is 0 Å². The third-order valence-corrected chi connectivity index (χ3v) is 7.92. The number of halogens is 1. The average molecular weight is 500 g/mol. The Morgan fingerprint density at radius 2 is 1.91 bits per heavy atom. The number of aromatic nitrogens is 5. The third-order valence-electron chi connectivity index (χ3n) is 5.77. The van der Waals surface area contributed by atoms with E-state index < -0.39 is 21.3 Å². The molecule has 3 aromatic heterocycles. The van der Waals surface area contributed by atoms with Gasteiger partial charge in [0.25, 0.3) is 0 Å². The van der Waals surface area contributed by atoms with Crippen LogP contribution >= 0.6 is 0 Å². The van der Waals surface area contributed by atoms with Gasteiger partial charge < -0.3 is 4.74 Å². The number of ether oxygens (including phenoxy) is 1.